The maximum Gasteiger partial charge on any atom is 0.231 e. The lowest BCUT2D eigenvalue weighted by Gasteiger charge is -2.23. The van der Waals surface area contributed by atoms with E-state index in [0.717, 1.165) is 6.54 Å². The van der Waals surface area contributed by atoms with Crippen molar-refractivity contribution >= 4 is 23.2 Å². The Bertz CT molecular complexity index is 517. The van der Waals surface area contributed by atoms with Crippen molar-refractivity contribution in [1.29, 1.82) is 0 Å². The lowest BCUT2D eigenvalue weighted by Crippen LogP contribution is -2.43. The van der Waals surface area contributed by atoms with Crippen LogP contribution in [0.5, 0.6) is 11.5 Å². The zero-order chi connectivity index (χ0) is 13.9. The van der Waals surface area contributed by atoms with Crippen molar-refractivity contribution < 1.29 is 19.0 Å². The van der Waals surface area contributed by atoms with E-state index in [1.54, 1.807) is 12.1 Å². The van der Waals surface area contributed by atoms with Gasteiger partial charge in [0.25, 0.3) is 0 Å². The maximum atomic E-state index is 12.0. The molecule has 1 fully saturated rings. The zero-order valence-corrected chi connectivity index (χ0v) is 11.5. The van der Waals surface area contributed by atoms with Gasteiger partial charge in [0, 0.05) is 31.1 Å². The fraction of sp³-hybridized carbons (Fsp3) is 0.462. The summed E-state index contributed by atoms with van der Waals surface area (Å²) in [6.07, 6.45) is 0.338. The number of carbonyl (C=O) groups excluding carboxylic acids is 1. The second kappa shape index (κ2) is 5.87. The van der Waals surface area contributed by atoms with E-state index in [1.807, 2.05) is 0 Å². The molecule has 2 aliphatic rings. The van der Waals surface area contributed by atoms with Crippen LogP contribution in [0.3, 0.4) is 0 Å². The third-order valence-corrected chi connectivity index (χ3v) is 3.48. The molecule has 2 N–H and O–H groups in total. The van der Waals surface area contributed by atoms with Crippen molar-refractivity contribution in [2.45, 2.75) is 12.5 Å². The third-order valence-electron chi connectivity index (χ3n) is 3.17. The Hall–Kier alpha value is -1.50. The molecule has 1 aromatic rings. The largest absolute Gasteiger partial charge is 0.454 e. The number of hydrogen-bond acceptors (Lipinski definition) is 5. The molecule has 1 atom stereocenters. The molecule has 1 saturated heterocycles. The molecule has 1 amide bonds. The first-order valence-corrected chi connectivity index (χ1v) is 6.80. The quantitative estimate of drug-likeness (QED) is 0.882. The van der Waals surface area contributed by atoms with Gasteiger partial charge in [0.2, 0.25) is 12.7 Å². The van der Waals surface area contributed by atoms with Crippen LogP contribution < -0.4 is 20.1 Å². The van der Waals surface area contributed by atoms with E-state index < -0.39 is 0 Å². The second-order valence-electron chi connectivity index (χ2n) is 4.66. The van der Waals surface area contributed by atoms with Crippen LogP contribution in [0.15, 0.2) is 12.1 Å². The van der Waals surface area contributed by atoms with Gasteiger partial charge in [-0.1, -0.05) is 11.6 Å². The lowest BCUT2D eigenvalue weighted by molar-refractivity contribution is -0.117. The summed E-state index contributed by atoms with van der Waals surface area (Å²) < 4.78 is 15.8. The van der Waals surface area contributed by atoms with Crippen molar-refractivity contribution in [3.63, 3.8) is 0 Å². The third kappa shape index (κ3) is 2.98. The SMILES string of the molecule is O=C(CC1COCCN1)Nc1cc2c(cc1Cl)OCO2. The molecular formula is C13H15ClN2O4. The molecule has 0 saturated carbocycles. The topological polar surface area (TPSA) is 68.8 Å². The van der Waals surface area contributed by atoms with Gasteiger partial charge in [-0.15, -0.1) is 0 Å². The van der Waals surface area contributed by atoms with Gasteiger partial charge < -0.3 is 24.8 Å². The van der Waals surface area contributed by atoms with E-state index in [2.05, 4.69) is 10.6 Å². The van der Waals surface area contributed by atoms with Gasteiger partial charge in [-0.3, -0.25) is 4.79 Å². The van der Waals surface area contributed by atoms with Gasteiger partial charge in [0.1, 0.15) is 0 Å². The summed E-state index contributed by atoms with van der Waals surface area (Å²) in [5, 5.41) is 6.44. The van der Waals surface area contributed by atoms with Crippen molar-refractivity contribution in [3.8, 4) is 11.5 Å². The summed E-state index contributed by atoms with van der Waals surface area (Å²) >= 11 is 6.10. The van der Waals surface area contributed by atoms with Crippen LogP contribution in [0, 0.1) is 0 Å². The minimum Gasteiger partial charge on any atom is -0.454 e. The van der Waals surface area contributed by atoms with Crippen LogP contribution in [0.1, 0.15) is 6.42 Å². The molecule has 3 rings (SSSR count). The molecule has 108 valence electrons. The monoisotopic (exact) mass is 298 g/mol. The van der Waals surface area contributed by atoms with Crippen molar-refractivity contribution in [3.05, 3.63) is 17.2 Å². The first-order chi connectivity index (χ1) is 9.72. The van der Waals surface area contributed by atoms with E-state index >= 15 is 0 Å². The number of amides is 1. The van der Waals surface area contributed by atoms with Crippen LogP contribution in [0.2, 0.25) is 5.02 Å². The van der Waals surface area contributed by atoms with Crippen molar-refractivity contribution in [1.82, 2.24) is 5.32 Å². The molecule has 0 bridgehead atoms. The van der Waals surface area contributed by atoms with E-state index in [4.69, 9.17) is 25.8 Å². The summed E-state index contributed by atoms with van der Waals surface area (Å²) in [6.45, 7) is 2.17. The van der Waals surface area contributed by atoms with E-state index in [0.29, 0.717) is 41.8 Å². The van der Waals surface area contributed by atoms with Gasteiger partial charge in [0.05, 0.1) is 23.9 Å². The van der Waals surface area contributed by atoms with Gasteiger partial charge in [-0.05, 0) is 0 Å². The predicted octanol–water partition coefficient (Wildman–Crippen LogP) is 1.39. The molecule has 0 radical (unpaired) electrons. The predicted molar refractivity (Wildman–Crippen MR) is 73.4 cm³/mol. The van der Waals surface area contributed by atoms with Gasteiger partial charge in [-0.2, -0.15) is 0 Å². The number of rotatable bonds is 3. The molecule has 20 heavy (non-hydrogen) atoms. The fourth-order valence-electron chi connectivity index (χ4n) is 2.19. The lowest BCUT2D eigenvalue weighted by atomic mass is 10.2. The molecule has 7 heteroatoms. The summed E-state index contributed by atoms with van der Waals surface area (Å²) in [6, 6.07) is 3.35. The number of nitrogens with one attached hydrogen (secondary N) is 2. The number of halogens is 1. The number of hydrogen-bond donors (Lipinski definition) is 2. The number of carbonyl (C=O) groups is 1. The highest BCUT2D eigenvalue weighted by Crippen LogP contribution is 2.39. The van der Waals surface area contributed by atoms with Crippen LogP contribution in [-0.4, -0.2) is 38.5 Å². The summed E-state index contributed by atoms with van der Waals surface area (Å²) in [5.74, 6) is 1.06. The second-order valence-corrected chi connectivity index (χ2v) is 5.07. The summed E-state index contributed by atoms with van der Waals surface area (Å²) in [5.41, 5.74) is 0.526. The standard InChI is InChI=1S/C13H15ClN2O4/c14-9-4-11-12(20-7-19-11)5-10(9)16-13(17)3-8-6-18-2-1-15-8/h4-5,8,15H,1-3,6-7H2,(H,16,17). The van der Waals surface area contributed by atoms with Crippen LogP contribution in [0.25, 0.3) is 0 Å². The molecular weight excluding hydrogens is 284 g/mol. The Morgan fingerprint density at radius 3 is 2.95 bits per heavy atom. The Labute approximate surface area is 121 Å². The Morgan fingerprint density at radius 1 is 1.40 bits per heavy atom. The molecule has 0 aromatic heterocycles. The molecule has 0 aliphatic carbocycles. The van der Waals surface area contributed by atoms with Crippen molar-refractivity contribution in [2.75, 3.05) is 31.9 Å². The van der Waals surface area contributed by atoms with Gasteiger partial charge in [0.15, 0.2) is 11.5 Å². The summed E-state index contributed by atoms with van der Waals surface area (Å²) in [7, 11) is 0. The van der Waals surface area contributed by atoms with Gasteiger partial charge >= 0.3 is 0 Å². The molecule has 1 unspecified atom stereocenters. The number of benzene rings is 1. The highest BCUT2D eigenvalue weighted by atomic mass is 35.5. The Morgan fingerprint density at radius 2 is 2.20 bits per heavy atom. The average Bonchev–Trinajstić information content (AvgIpc) is 2.87. The molecule has 0 spiro atoms. The minimum atomic E-state index is -0.117. The summed E-state index contributed by atoms with van der Waals surface area (Å²) in [4.78, 5) is 12.0. The number of anilines is 1. The molecule has 6 nitrogen and oxygen atoms in total. The van der Waals surface area contributed by atoms with Crippen LogP contribution >= 0.6 is 11.6 Å². The fourth-order valence-corrected chi connectivity index (χ4v) is 2.39. The van der Waals surface area contributed by atoms with Crippen LogP contribution in [-0.2, 0) is 9.53 Å². The number of fused-ring (bicyclic) bond motifs is 1. The zero-order valence-electron chi connectivity index (χ0n) is 10.8. The smallest absolute Gasteiger partial charge is 0.231 e. The molecule has 2 heterocycles. The Balaban J connectivity index is 1.63. The first kappa shape index (κ1) is 13.5. The average molecular weight is 299 g/mol. The maximum absolute atomic E-state index is 12.0. The first-order valence-electron chi connectivity index (χ1n) is 6.42. The molecule has 2 aliphatic heterocycles. The minimum absolute atomic E-state index is 0.0385. The van der Waals surface area contributed by atoms with E-state index in [1.165, 1.54) is 0 Å². The highest BCUT2D eigenvalue weighted by molar-refractivity contribution is 6.34. The van der Waals surface area contributed by atoms with E-state index in [-0.39, 0.29) is 18.7 Å². The number of morpholine rings is 1. The van der Waals surface area contributed by atoms with E-state index in [9.17, 15) is 4.79 Å². The number of ether oxygens (including phenoxy) is 3. The molecule has 1 aromatic carbocycles. The van der Waals surface area contributed by atoms with Crippen molar-refractivity contribution in [2.24, 2.45) is 0 Å². The highest BCUT2D eigenvalue weighted by Gasteiger charge is 2.20. The van der Waals surface area contributed by atoms with Crippen LogP contribution in [0.4, 0.5) is 5.69 Å². The normalized spacial score (nSPS) is 20.8. The van der Waals surface area contributed by atoms with Gasteiger partial charge in [-0.25, -0.2) is 0 Å². The Kier molecular flexibility index (Phi) is 3.95.